The Morgan fingerprint density at radius 2 is 1.81 bits per heavy atom. The van der Waals surface area contributed by atoms with Crippen LogP contribution < -0.4 is 5.32 Å². The smallest absolute Gasteiger partial charge is 0.243 e. The van der Waals surface area contributed by atoms with Crippen LogP contribution in [0.15, 0.2) is 47.4 Å². The van der Waals surface area contributed by atoms with Gasteiger partial charge >= 0.3 is 0 Å². The molecule has 0 radical (unpaired) electrons. The molecule has 0 aliphatic rings. The van der Waals surface area contributed by atoms with E-state index in [2.05, 4.69) is 5.32 Å². The highest BCUT2D eigenvalue weighted by Gasteiger charge is 2.26. The molecule has 2 aromatic rings. The highest BCUT2D eigenvalue weighted by Crippen LogP contribution is 2.19. The number of ether oxygens (including phenoxy) is 1. The van der Waals surface area contributed by atoms with E-state index in [0.717, 1.165) is 27.6 Å². The highest BCUT2D eigenvalue weighted by atomic mass is 32.2. The summed E-state index contributed by atoms with van der Waals surface area (Å²) in [6, 6.07) is 9.98. The molecule has 0 heterocycles. The van der Waals surface area contributed by atoms with Crippen LogP contribution >= 0.6 is 0 Å². The Labute approximate surface area is 159 Å². The van der Waals surface area contributed by atoms with Gasteiger partial charge in [0.25, 0.3) is 0 Å². The number of aryl methyl sites for hydroxylation is 1. The molecule has 0 aliphatic heterocycles. The van der Waals surface area contributed by atoms with Crippen molar-refractivity contribution in [3.63, 3.8) is 0 Å². The van der Waals surface area contributed by atoms with E-state index in [4.69, 9.17) is 4.74 Å². The second-order valence-electron chi connectivity index (χ2n) is 6.08. The van der Waals surface area contributed by atoms with Crippen LogP contribution in [-0.4, -0.2) is 45.4 Å². The number of nitrogens with zero attached hydrogens (tertiary/aromatic N) is 1. The number of carbonyl (C=O) groups is 1. The zero-order chi connectivity index (χ0) is 20.0. The van der Waals surface area contributed by atoms with Crippen molar-refractivity contribution in [1.29, 1.82) is 0 Å². The number of anilines is 1. The van der Waals surface area contributed by atoms with Crippen molar-refractivity contribution in [2.24, 2.45) is 0 Å². The van der Waals surface area contributed by atoms with Gasteiger partial charge < -0.3 is 10.1 Å². The maximum atomic E-state index is 13.1. The maximum absolute atomic E-state index is 13.1. The van der Waals surface area contributed by atoms with E-state index in [-0.39, 0.29) is 24.6 Å². The Hall–Kier alpha value is -2.29. The molecule has 0 aromatic heterocycles. The van der Waals surface area contributed by atoms with Gasteiger partial charge in [-0.15, -0.1) is 0 Å². The van der Waals surface area contributed by atoms with Gasteiger partial charge in [0.05, 0.1) is 18.0 Å². The molecule has 1 N–H and O–H groups in total. The SMILES string of the molecule is COCCN(CC(=O)Nc1cccc(C)c1C)S(=O)(=O)c1ccc(F)cc1. The Bertz CT molecular complexity index is 898. The van der Waals surface area contributed by atoms with Crippen molar-refractivity contribution in [2.45, 2.75) is 18.7 Å². The Balaban J connectivity index is 2.21. The van der Waals surface area contributed by atoms with Gasteiger partial charge in [-0.3, -0.25) is 4.79 Å². The van der Waals surface area contributed by atoms with Gasteiger partial charge in [0.15, 0.2) is 0 Å². The number of halogens is 1. The lowest BCUT2D eigenvalue weighted by Gasteiger charge is -2.22. The third-order valence-corrected chi connectivity index (χ3v) is 6.05. The summed E-state index contributed by atoms with van der Waals surface area (Å²) in [5.41, 5.74) is 2.56. The molecule has 0 fully saturated rings. The van der Waals surface area contributed by atoms with E-state index >= 15 is 0 Å². The summed E-state index contributed by atoms with van der Waals surface area (Å²) in [5.74, 6) is -1.00. The minimum atomic E-state index is -3.97. The molecule has 2 aromatic carbocycles. The van der Waals surface area contributed by atoms with Crippen LogP contribution in [0.4, 0.5) is 10.1 Å². The highest BCUT2D eigenvalue weighted by molar-refractivity contribution is 7.89. The van der Waals surface area contributed by atoms with Crippen molar-refractivity contribution in [1.82, 2.24) is 4.31 Å². The summed E-state index contributed by atoms with van der Waals surface area (Å²) in [7, 11) is -2.53. The van der Waals surface area contributed by atoms with Gasteiger partial charge in [-0.2, -0.15) is 4.31 Å². The second-order valence-corrected chi connectivity index (χ2v) is 8.02. The molecule has 146 valence electrons. The molecule has 1 amide bonds. The molecule has 0 saturated heterocycles. The number of nitrogens with one attached hydrogen (secondary N) is 1. The number of methoxy groups -OCH3 is 1. The van der Waals surface area contributed by atoms with Gasteiger partial charge in [0.1, 0.15) is 5.82 Å². The van der Waals surface area contributed by atoms with E-state index in [1.54, 1.807) is 6.07 Å². The lowest BCUT2D eigenvalue weighted by atomic mass is 10.1. The van der Waals surface area contributed by atoms with Crippen molar-refractivity contribution in [2.75, 3.05) is 32.1 Å². The Morgan fingerprint density at radius 1 is 1.15 bits per heavy atom. The fraction of sp³-hybridized carbons (Fsp3) is 0.316. The summed E-state index contributed by atoms with van der Waals surface area (Å²) >= 11 is 0. The van der Waals surface area contributed by atoms with Crippen LogP contribution in [-0.2, 0) is 19.6 Å². The van der Waals surface area contributed by atoms with E-state index in [9.17, 15) is 17.6 Å². The molecule has 0 unspecified atom stereocenters. The quantitative estimate of drug-likeness (QED) is 0.747. The van der Waals surface area contributed by atoms with Gasteiger partial charge in [-0.05, 0) is 55.3 Å². The third-order valence-electron chi connectivity index (χ3n) is 4.19. The summed E-state index contributed by atoms with van der Waals surface area (Å²) in [6.45, 7) is 3.54. The number of hydrogen-bond donors (Lipinski definition) is 1. The molecular weight excluding hydrogens is 371 g/mol. The molecule has 27 heavy (non-hydrogen) atoms. The molecule has 2 rings (SSSR count). The van der Waals surface area contributed by atoms with Crippen LogP contribution in [0.2, 0.25) is 0 Å². The number of hydrogen-bond acceptors (Lipinski definition) is 4. The number of rotatable bonds is 8. The number of amides is 1. The second kappa shape index (κ2) is 9.07. The molecule has 0 atom stereocenters. The first-order valence-corrected chi connectivity index (χ1v) is 9.80. The normalized spacial score (nSPS) is 11.6. The molecule has 0 saturated carbocycles. The van der Waals surface area contributed by atoms with Crippen LogP contribution in [0.25, 0.3) is 0 Å². The van der Waals surface area contributed by atoms with Crippen molar-refractivity contribution in [3.05, 3.63) is 59.4 Å². The molecule has 6 nitrogen and oxygen atoms in total. The summed E-state index contributed by atoms with van der Waals surface area (Å²) in [6.07, 6.45) is 0. The van der Waals surface area contributed by atoms with E-state index in [1.165, 1.54) is 19.2 Å². The minimum Gasteiger partial charge on any atom is -0.383 e. The topological polar surface area (TPSA) is 75.7 Å². The van der Waals surface area contributed by atoms with Crippen LogP contribution in [0.1, 0.15) is 11.1 Å². The number of sulfonamides is 1. The largest absolute Gasteiger partial charge is 0.383 e. The van der Waals surface area contributed by atoms with Crippen molar-refractivity contribution < 1.29 is 22.3 Å². The fourth-order valence-electron chi connectivity index (χ4n) is 2.47. The average Bonchev–Trinajstić information content (AvgIpc) is 2.62. The van der Waals surface area contributed by atoms with Gasteiger partial charge in [-0.1, -0.05) is 12.1 Å². The maximum Gasteiger partial charge on any atom is 0.243 e. The zero-order valence-corrected chi connectivity index (χ0v) is 16.3. The van der Waals surface area contributed by atoms with E-state index < -0.39 is 21.7 Å². The molecule has 0 spiro atoms. The first-order valence-electron chi connectivity index (χ1n) is 8.36. The lowest BCUT2D eigenvalue weighted by Crippen LogP contribution is -2.40. The van der Waals surface area contributed by atoms with Crippen molar-refractivity contribution >= 4 is 21.6 Å². The summed E-state index contributed by atoms with van der Waals surface area (Å²) in [4.78, 5) is 12.4. The fourth-order valence-corrected chi connectivity index (χ4v) is 3.85. The number of benzene rings is 2. The molecular formula is C19H23FN2O4S. The minimum absolute atomic E-state index is 0.00354. The predicted molar refractivity (Wildman–Crippen MR) is 102 cm³/mol. The monoisotopic (exact) mass is 394 g/mol. The third kappa shape index (κ3) is 5.35. The van der Waals surface area contributed by atoms with Crippen LogP contribution in [0.3, 0.4) is 0 Å². The number of carbonyl (C=O) groups excluding carboxylic acids is 1. The van der Waals surface area contributed by atoms with E-state index in [1.807, 2.05) is 26.0 Å². The van der Waals surface area contributed by atoms with Gasteiger partial charge in [0, 0.05) is 19.3 Å². The Morgan fingerprint density at radius 3 is 2.44 bits per heavy atom. The summed E-state index contributed by atoms with van der Waals surface area (Å²) in [5, 5.41) is 2.74. The summed E-state index contributed by atoms with van der Waals surface area (Å²) < 4.78 is 44.7. The van der Waals surface area contributed by atoms with Gasteiger partial charge in [0.2, 0.25) is 15.9 Å². The first kappa shape index (κ1) is 21.0. The standard InChI is InChI=1S/C19H23FN2O4S/c1-14-5-4-6-18(15(14)2)21-19(23)13-22(11-12-26-3)27(24,25)17-9-7-16(20)8-10-17/h4-10H,11-13H2,1-3H3,(H,21,23). The lowest BCUT2D eigenvalue weighted by molar-refractivity contribution is -0.116. The zero-order valence-electron chi connectivity index (χ0n) is 15.5. The van der Waals surface area contributed by atoms with Crippen molar-refractivity contribution in [3.8, 4) is 0 Å². The first-order chi connectivity index (χ1) is 12.8. The average molecular weight is 394 g/mol. The van der Waals surface area contributed by atoms with Crippen LogP contribution in [0.5, 0.6) is 0 Å². The van der Waals surface area contributed by atoms with Crippen LogP contribution in [0, 0.1) is 19.7 Å². The Kier molecular flexibility index (Phi) is 7.06. The molecule has 8 heteroatoms. The predicted octanol–water partition coefficient (Wildman–Crippen LogP) is 2.72. The molecule has 0 bridgehead atoms. The van der Waals surface area contributed by atoms with E-state index in [0.29, 0.717) is 5.69 Å². The van der Waals surface area contributed by atoms with Gasteiger partial charge in [-0.25, -0.2) is 12.8 Å². The molecule has 0 aliphatic carbocycles.